The molecule has 112 valence electrons. The van der Waals surface area contributed by atoms with Crippen molar-refractivity contribution in [2.75, 3.05) is 0 Å². The second-order valence-electron chi connectivity index (χ2n) is 5.05. The van der Waals surface area contributed by atoms with Crippen molar-refractivity contribution >= 4 is 22.2 Å². The van der Waals surface area contributed by atoms with Crippen LogP contribution in [0, 0.1) is 5.92 Å². The lowest BCUT2D eigenvalue weighted by molar-refractivity contribution is -0.110. The molecule has 0 heterocycles. The van der Waals surface area contributed by atoms with E-state index in [4.69, 9.17) is 4.74 Å². The number of carbonyl (C=O) groups is 1. The second-order valence-corrected chi connectivity index (χ2v) is 6.07. The lowest BCUT2D eigenvalue weighted by atomic mass is 9.97. The fourth-order valence-electron chi connectivity index (χ4n) is 2.05. The SMILES string of the molecule is CCCc1c(OC(Br)CC)ccc(CC(C)C=O)c1O. The summed E-state index contributed by atoms with van der Waals surface area (Å²) in [5.41, 5.74) is 1.64. The van der Waals surface area contributed by atoms with Crippen molar-refractivity contribution in [3.8, 4) is 11.5 Å². The Labute approximate surface area is 129 Å². The number of phenols is 1. The summed E-state index contributed by atoms with van der Waals surface area (Å²) in [6.07, 6.45) is 3.99. The quantitative estimate of drug-likeness (QED) is 0.567. The Morgan fingerprint density at radius 1 is 1.40 bits per heavy atom. The Kier molecular flexibility index (Phi) is 7.06. The number of phenolic OH excluding ortho intramolecular Hbond substituents is 1. The first kappa shape index (κ1) is 17.0. The van der Waals surface area contributed by atoms with E-state index in [2.05, 4.69) is 22.9 Å². The van der Waals surface area contributed by atoms with Crippen LogP contribution >= 0.6 is 15.9 Å². The van der Waals surface area contributed by atoms with E-state index in [-0.39, 0.29) is 16.7 Å². The van der Waals surface area contributed by atoms with Crippen LogP contribution in [0.15, 0.2) is 12.1 Å². The van der Waals surface area contributed by atoms with Crippen LogP contribution < -0.4 is 4.74 Å². The first-order valence-corrected chi connectivity index (χ1v) is 8.04. The van der Waals surface area contributed by atoms with Crippen molar-refractivity contribution in [1.29, 1.82) is 0 Å². The van der Waals surface area contributed by atoms with Gasteiger partial charge in [-0.05, 0) is 46.8 Å². The maximum Gasteiger partial charge on any atom is 0.153 e. The molecule has 0 bridgehead atoms. The van der Waals surface area contributed by atoms with E-state index in [9.17, 15) is 9.90 Å². The Morgan fingerprint density at radius 2 is 2.10 bits per heavy atom. The van der Waals surface area contributed by atoms with Gasteiger partial charge in [-0.25, -0.2) is 0 Å². The molecule has 20 heavy (non-hydrogen) atoms. The molecule has 1 aromatic carbocycles. The number of hydrogen-bond acceptors (Lipinski definition) is 3. The minimum Gasteiger partial charge on any atom is -0.507 e. The topological polar surface area (TPSA) is 46.5 Å². The predicted molar refractivity (Wildman–Crippen MR) is 84.7 cm³/mol. The Bertz CT molecular complexity index is 446. The average Bonchev–Trinajstić information content (AvgIpc) is 2.45. The summed E-state index contributed by atoms with van der Waals surface area (Å²) >= 11 is 3.44. The molecule has 3 nitrogen and oxygen atoms in total. The molecule has 0 radical (unpaired) electrons. The van der Waals surface area contributed by atoms with Gasteiger partial charge < -0.3 is 14.6 Å². The Balaban J connectivity index is 3.08. The highest BCUT2D eigenvalue weighted by molar-refractivity contribution is 9.09. The average molecular weight is 343 g/mol. The number of benzene rings is 1. The first-order chi connectivity index (χ1) is 9.53. The molecule has 1 rings (SSSR count). The highest BCUT2D eigenvalue weighted by Crippen LogP contribution is 2.35. The predicted octanol–water partition coefficient (Wildman–Crippen LogP) is 4.23. The van der Waals surface area contributed by atoms with Gasteiger partial charge in [0.05, 0.1) is 0 Å². The number of alkyl halides is 1. The number of aromatic hydroxyl groups is 1. The number of rotatable bonds is 8. The van der Waals surface area contributed by atoms with E-state index < -0.39 is 0 Å². The van der Waals surface area contributed by atoms with Crippen molar-refractivity contribution < 1.29 is 14.6 Å². The van der Waals surface area contributed by atoms with E-state index in [1.54, 1.807) is 0 Å². The van der Waals surface area contributed by atoms with Crippen molar-refractivity contribution in [2.45, 2.75) is 51.5 Å². The summed E-state index contributed by atoms with van der Waals surface area (Å²) < 4.78 is 5.80. The monoisotopic (exact) mass is 342 g/mol. The van der Waals surface area contributed by atoms with Crippen LogP contribution in [0.5, 0.6) is 11.5 Å². The number of ether oxygens (including phenoxy) is 1. The van der Waals surface area contributed by atoms with Gasteiger partial charge in [-0.2, -0.15) is 0 Å². The van der Waals surface area contributed by atoms with Gasteiger partial charge in [0.15, 0.2) is 5.01 Å². The largest absolute Gasteiger partial charge is 0.507 e. The first-order valence-electron chi connectivity index (χ1n) is 7.13. The fourth-order valence-corrected chi connectivity index (χ4v) is 2.25. The standard InChI is InChI=1S/C16H23BrO3/c1-4-6-13-14(20-15(17)5-2)8-7-12(16(13)19)9-11(3)10-18/h7-8,10-11,15,19H,4-6,9H2,1-3H3. The minimum absolute atomic E-state index is 0.0581. The molecule has 4 heteroatoms. The van der Waals surface area contributed by atoms with Crippen LogP contribution in [0.3, 0.4) is 0 Å². The van der Waals surface area contributed by atoms with Crippen molar-refractivity contribution in [3.05, 3.63) is 23.3 Å². The third-order valence-corrected chi connectivity index (χ3v) is 4.01. The zero-order chi connectivity index (χ0) is 15.1. The summed E-state index contributed by atoms with van der Waals surface area (Å²) in [5, 5.41) is 10.4. The van der Waals surface area contributed by atoms with E-state index >= 15 is 0 Å². The lowest BCUT2D eigenvalue weighted by Crippen LogP contribution is -2.09. The molecule has 2 unspecified atom stereocenters. The van der Waals surface area contributed by atoms with Gasteiger partial charge in [-0.1, -0.05) is 33.3 Å². The fraction of sp³-hybridized carbons (Fsp3) is 0.562. The van der Waals surface area contributed by atoms with Crippen molar-refractivity contribution in [2.24, 2.45) is 5.92 Å². The maximum atomic E-state index is 10.8. The summed E-state index contributed by atoms with van der Waals surface area (Å²) in [6.45, 7) is 5.94. The summed E-state index contributed by atoms with van der Waals surface area (Å²) in [5.74, 6) is 0.895. The van der Waals surface area contributed by atoms with Gasteiger partial charge in [0.2, 0.25) is 0 Å². The molecule has 0 fully saturated rings. The maximum absolute atomic E-state index is 10.8. The lowest BCUT2D eigenvalue weighted by Gasteiger charge is -2.18. The molecule has 1 aromatic rings. The summed E-state index contributed by atoms with van der Waals surface area (Å²) in [6, 6.07) is 3.74. The van der Waals surface area contributed by atoms with Crippen LogP contribution in [0.4, 0.5) is 0 Å². The highest BCUT2D eigenvalue weighted by atomic mass is 79.9. The summed E-state index contributed by atoms with van der Waals surface area (Å²) in [7, 11) is 0. The molecular weight excluding hydrogens is 320 g/mol. The highest BCUT2D eigenvalue weighted by Gasteiger charge is 2.16. The molecule has 0 aliphatic rings. The number of halogens is 1. The zero-order valence-electron chi connectivity index (χ0n) is 12.4. The van der Waals surface area contributed by atoms with E-state index in [1.807, 2.05) is 26.0 Å². The smallest absolute Gasteiger partial charge is 0.153 e. The van der Waals surface area contributed by atoms with Gasteiger partial charge in [0.1, 0.15) is 17.8 Å². The molecule has 0 spiro atoms. The molecule has 0 saturated heterocycles. The van der Waals surface area contributed by atoms with E-state index in [1.165, 1.54) is 0 Å². The van der Waals surface area contributed by atoms with Crippen LogP contribution in [0.1, 0.15) is 44.7 Å². The van der Waals surface area contributed by atoms with E-state index in [0.717, 1.165) is 42.4 Å². The van der Waals surface area contributed by atoms with Gasteiger partial charge in [0.25, 0.3) is 0 Å². The molecule has 0 aliphatic carbocycles. The third kappa shape index (κ3) is 4.51. The summed E-state index contributed by atoms with van der Waals surface area (Å²) in [4.78, 5) is 10.8. The van der Waals surface area contributed by atoms with Gasteiger partial charge in [-0.3, -0.25) is 0 Å². The molecule has 0 aromatic heterocycles. The van der Waals surface area contributed by atoms with Crippen LogP contribution in [0.2, 0.25) is 0 Å². The van der Waals surface area contributed by atoms with Crippen LogP contribution in [-0.2, 0) is 17.6 Å². The molecule has 0 amide bonds. The zero-order valence-corrected chi connectivity index (χ0v) is 13.9. The molecule has 1 N–H and O–H groups in total. The molecule has 2 atom stereocenters. The Hall–Kier alpha value is -1.03. The van der Waals surface area contributed by atoms with Crippen molar-refractivity contribution in [3.63, 3.8) is 0 Å². The second kappa shape index (κ2) is 8.30. The normalized spacial score (nSPS) is 13.8. The van der Waals surface area contributed by atoms with Gasteiger partial charge in [-0.15, -0.1) is 0 Å². The van der Waals surface area contributed by atoms with Gasteiger partial charge >= 0.3 is 0 Å². The molecule has 0 aliphatic heterocycles. The number of carbonyl (C=O) groups excluding carboxylic acids is 1. The van der Waals surface area contributed by atoms with Crippen LogP contribution in [-0.4, -0.2) is 16.4 Å². The van der Waals surface area contributed by atoms with Gasteiger partial charge in [0, 0.05) is 11.5 Å². The molecule has 0 saturated carbocycles. The molecular formula is C16H23BrO3. The van der Waals surface area contributed by atoms with Crippen LogP contribution in [0.25, 0.3) is 0 Å². The third-order valence-electron chi connectivity index (χ3n) is 3.17. The number of aldehydes is 1. The van der Waals surface area contributed by atoms with E-state index in [0.29, 0.717) is 6.42 Å². The number of hydrogen-bond donors (Lipinski definition) is 1. The Morgan fingerprint density at radius 3 is 2.65 bits per heavy atom. The van der Waals surface area contributed by atoms with Crippen molar-refractivity contribution in [1.82, 2.24) is 0 Å². The minimum atomic E-state index is -0.0956.